The number of carbonyl (C=O) groups is 1. The minimum atomic E-state index is -0.130. The topological polar surface area (TPSA) is 37.3 Å². The van der Waals surface area contributed by atoms with Gasteiger partial charge in [0.05, 0.1) is 6.61 Å². The van der Waals surface area contributed by atoms with Crippen molar-refractivity contribution in [1.82, 2.24) is 0 Å². The largest absolute Gasteiger partial charge is 0.396 e. The van der Waals surface area contributed by atoms with Gasteiger partial charge < -0.3 is 5.11 Å². The third-order valence-electron chi connectivity index (χ3n) is 1.29. The first-order valence-corrected chi connectivity index (χ1v) is 2.83. The zero-order chi connectivity index (χ0) is 6.57. The SMILES string of the molecule is CC[C@@H](CO)C(C)=O. The molecule has 0 radical (unpaired) electrons. The Morgan fingerprint density at radius 3 is 2.25 bits per heavy atom. The van der Waals surface area contributed by atoms with Crippen LogP contribution in [0.1, 0.15) is 20.3 Å². The van der Waals surface area contributed by atoms with Gasteiger partial charge in [-0.2, -0.15) is 0 Å². The van der Waals surface area contributed by atoms with Crippen molar-refractivity contribution >= 4 is 5.78 Å². The van der Waals surface area contributed by atoms with Crippen LogP contribution in [-0.2, 0) is 4.79 Å². The molecule has 2 nitrogen and oxygen atoms in total. The number of carbonyl (C=O) groups excluding carboxylic acids is 1. The maximum absolute atomic E-state index is 10.4. The molecule has 0 spiro atoms. The number of ketones is 1. The highest BCUT2D eigenvalue weighted by Crippen LogP contribution is 2.00. The van der Waals surface area contributed by atoms with Crippen LogP contribution in [0.2, 0.25) is 0 Å². The van der Waals surface area contributed by atoms with Gasteiger partial charge in [-0.05, 0) is 13.3 Å². The van der Waals surface area contributed by atoms with Crippen molar-refractivity contribution < 1.29 is 9.90 Å². The summed E-state index contributed by atoms with van der Waals surface area (Å²) in [5, 5.41) is 8.48. The molecule has 2 heteroatoms. The van der Waals surface area contributed by atoms with Crippen LogP contribution in [0.4, 0.5) is 0 Å². The summed E-state index contributed by atoms with van der Waals surface area (Å²) in [4.78, 5) is 10.4. The van der Waals surface area contributed by atoms with E-state index in [1.807, 2.05) is 6.92 Å². The molecule has 0 fully saturated rings. The Labute approximate surface area is 49.5 Å². The average molecular weight is 116 g/mol. The van der Waals surface area contributed by atoms with Crippen LogP contribution >= 0.6 is 0 Å². The normalized spacial score (nSPS) is 13.4. The molecule has 1 N–H and O–H groups in total. The van der Waals surface area contributed by atoms with Gasteiger partial charge >= 0.3 is 0 Å². The summed E-state index contributed by atoms with van der Waals surface area (Å²) in [5.41, 5.74) is 0. The van der Waals surface area contributed by atoms with Crippen LogP contribution in [0.15, 0.2) is 0 Å². The first-order valence-electron chi connectivity index (χ1n) is 2.83. The second-order valence-corrected chi connectivity index (χ2v) is 1.90. The summed E-state index contributed by atoms with van der Waals surface area (Å²) >= 11 is 0. The van der Waals surface area contributed by atoms with Gasteiger partial charge in [-0.25, -0.2) is 0 Å². The molecule has 0 saturated heterocycles. The number of hydrogen-bond donors (Lipinski definition) is 1. The molecule has 0 aliphatic rings. The lowest BCUT2D eigenvalue weighted by molar-refractivity contribution is -0.121. The van der Waals surface area contributed by atoms with Crippen molar-refractivity contribution in [1.29, 1.82) is 0 Å². The third kappa shape index (κ3) is 2.07. The van der Waals surface area contributed by atoms with Gasteiger partial charge in [-0.1, -0.05) is 6.92 Å². The van der Waals surface area contributed by atoms with Crippen LogP contribution < -0.4 is 0 Å². The Balaban J connectivity index is 3.52. The molecule has 1 atom stereocenters. The molecule has 0 unspecified atom stereocenters. The number of aliphatic hydroxyl groups excluding tert-OH is 1. The average Bonchev–Trinajstić information content (AvgIpc) is 1.69. The van der Waals surface area contributed by atoms with E-state index in [0.29, 0.717) is 0 Å². The summed E-state index contributed by atoms with van der Waals surface area (Å²) < 4.78 is 0. The van der Waals surface area contributed by atoms with Crippen molar-refractivity contribution in [2.24, 2.45) is 5.92 Å². The highest BCUT2D eigenvalue weighted by Gasteiger charge is 2.07. The Hall–Kier alpha value is -0.370. The second kappa shape index (κ2) is 3.61. The van der Waals surface area contributed by atoms with Crippen molar-refractivity contribution in [3.8, 4) is 0 Å². The minimum absolute atomic E-state index is 0.00810. The summed E-state index contributed by atoms with van der Waals surface area (Å²) in [6.07, 6.45) is 0.742. The predicted octanol–water partition coefficient (Wildman–Crippen LogP) is 0.594. The summed E-state index contributed by atoms with van der Waals surface area (Å²) in [6, 6.07) is 0. The van der Waals surface area contributed by atoms with Crippen molar-refractivity contribution in [3.05, 3.63) is 0 Å². The molecule has 0 aliphatic carbocycles. The molecule has 48 valence electrons. The van der Waals surface area contributed by atoms with Crippen molar-refractivity contribution in [2.45, 2.75) is 20.3 Å². The van der Waals surface area contributed by atoms with Crippen LogP contribution in [0, 0.1) is 5.92 Å². The van der Waals surface area contributed by atoms with E-state index in [0.717, 1.165) is 6.42 Å². The van der Waals surface area contributed by atoms with Gasteiger partial charge in [-0.3, -0.25) is 4.79 Å². The second-order valence-electron chi connectivity index (χ2n) is 1.90. The first-order chi connectivity index (χ1) is 3.72. The maximum atomic E-state index is 10.4. The van der Waals surface area contributed by atoms with E-state index < -0.39 is 0 Å². The van der Waals surface area contributed by atoms with E-state index in [4.69, 9.17) is 5.11 Å². The molecule has 0 amide bonds. The lowest BCUT2D eigenvalue weighted by atomic mass is 10.0. The molecule has 0 aromatic carbocycles. The fourth-order valence-electron chi connectivity index (χ4n) is 0.545. The maximum Gasteiger partial charge on any atom is 0.135 e. The molecule has 0 heterocycles. The Bertz CT molecular complexity index is 74.6. The smallest absolute Gasteiger partial charge is 0.135 e. The lowest BCUT2D eigenvalue weighted by Crippen LogP contribution is -2.13. The van der Waals surface area contributed by atoms with Gasteiger partial charge in [0, 0.05) is 5.92 Å². The Morgan fingerprint density at radius 1 is 1.75 bits per heavy atom. The predicted molar refractivity (Wildman–Crippen MR) is 31.5 cm³/mol. The van der Waals surface area contributed by atoms with E-state index in [-0.39, 0.29) is 18.3 Å². The quantitative estimate of drug-likeness (QED) is 0.586. The number of hydrogen-bond acceptors (Lipinski definition) is 2. The molecular formula is C6H12O2. The van der Waals surface area contributed by atoms with Gasteiger partial charge in [0.1, 0.15) is 5.78 Å². The summed E-state index contributed by atoms with van der Waals surface area (Å²) in [7, 11) is 0. The Morgan fingerprint density at radius 2 is 2.25 bits per heavy atom. The van der Waals surface area contributed by atoms with E-state index >= 15 is 0 Å². The summed E-state index contributed by atoms with van der Waals surface area (Å²) in [6.45, 7) is 3.39. The van der Waals surface area contributed by atoms with E-state index in [1.54, 1.807) is 0 Å². The molecule has 0 rings (SSSR count). The van der Waals surface area contributed by atoms with Crippen LogP contribution in [0.3, 0.4) is 0 Å². The molecule has 0 saturated carbocycles. The zero-order valence-corrected chi connectivity index (χ0v) is 5.35. The van der Waals surface area contributed by atoms with Crippen LogP contribution in [-0.4, -0.2) is 17.5 Å². The monoisotopic (exact) mass is 116 g/mol. The van der Waals surface area contributed by atoms with Crippen LogP contribution in [0.25, 0.3) is 0 Å². The highest BCUT2D eigenvalue weighted by molar-refractivity contribution is 5.78. The number of rotatable bonds is 3. The molecule has 0 bridgehead atoms. The number of aliphatic hydroxyl groups is 1. The molecule has 8 heavy (non-hydrogen) atoms. The molecule has 0 aliphatic heterocycles. The van der Waals surface area contributed by atoms with Crippen molar-refractivity contribution in [3.63, 3.8) is 0 Å². The van der Waals surface area contributed by atoms with E-state index in [2.05, 4.69) is 0 Å². The van der Waals surface area contributed by atoms with Gasteiger partial charge in [0.25, 0.3) is 0 Å². The van der Waals surface area contributed by atoms with Gasteiger partial charge in [-0.15, -0.1) is 0 Å². The molecular weight excluding hydrogens is 104 g/mol. The van der Waals surface area contributed by atoms with Crippen molar-refractivity contribution in [2.75, 3.05) is 6.61 Å². The zero-order valence-electron chi connectivity index (χ0n) is 5.35. The van der Waals surface area contributed by atoms with Gasteiger partial charge in [0.2, 0.25) is 0 Å². The fourth-order valence-corrected chi connectivity index (χ4v) is 0.545. The first kappa shape index (κ1) is 7.63. The number of Topliss-reactive ketones (excluding diaryl/α,β-unsaturated/α-hetero) is 1. The van der Waals surface area contributed by atoms with E-state index in [1.165, 1.54) is 6.92 Å². The standard InChI is InChI=1S/C6H12O2/c1-3-6(4-7)5(2)8/h6-7H,3-4H2,1-2H3/t6-/m0/s1. The minimum Gasteiger partial charge on any atom is -0.396 e. The Kier molecular flexibility index (Phi) is 3.44. The van der Waals surface area contributed by atoms with Crippen LogP contribution in [0.5, 0.6) is 0 Å². The summed E-state index contributed by atoms with van der Waals surface area (Å²) in [5.74, 6) is -0.0509. The molecule has 0 aromatic rings. The lowest BCUT2D eigenvalue weighted by Gasteiger charge is -2.03. The third-order valence-corrected chi connectivity index (χ3v) is 1.29. The van der Waals surface area contributed by atoms with Gasteiger partial charge in [0.15, 0.2) is 0 Å². The highest BCUT2D eigenvalue weighted by atomic mass is 16.3. The fraction of sp³-hybridized carbons (Fsp3) is 0.833. The van der Waals surface area contributed by atoms with E-state index in [9.17, 15) is 4.79 Å². The molecule has 0 aromatic heterocycles.